The van der Waals surface area contributed by atoms with Crippen molar-refractivity contribution in [3.05, 3.63) is 75.5 Å². The van der Waals surface area contributed by atoms with E-state index in [9.17, 15) is 9.59 Å². The summed E-state index contributed by atoms with van der Waals surface area (Å²) in [5.41, 5.74) is 9.92. The van der Waals surface area contributed by atoms with Gasteiger partial charge in [-0.1, -0.05) is 43.2 Å². The molecule has 0 bridgehead atoms. The molecule has 34 heavy (non-hydrogen) atoms. The van der Waals surface area contributed by atoms with E-state index >= 15 is 0 Å². The van der Waals surface area contributed by atoms with Crippen LogP contribution in [0.1, 0.15) is 61.0 Å². The molecule has 1 saturated carbocycles. The number of carbonyl (C=O) groups is 1. The van der Waals surface area contributed by atoms with E-state index in [-0.39, 0.29) is 23.3 Å². The molecule has 1 aromatic carbocycles. The van der Waals surface area contributed by atoms with E-state index in [0.717, 1.165) is 24.8 Å². The zero-order valence-corrected chi connectivity index (χ0v) is 20.0. The zero-order chi connectivity index (χ0) is 24.2. The maximum absolute atomic E-state index is 13.6. The summed E-state index contributed by atoms with van der Waals surface area (Å²) in [7, 11) is 0. The van der Waals surface area contributed by atoms with Crippen LogP contribution < -0.4 is 21.9 Å². The van der Waals surface area contributed by atoms with Crippen molar-refractivity contribution in [3.63, 3.8) is 0 Å². The maximum atomic E-state index is 13.6. The van der Waals surface area contributed by atoms with E-state index < -0.39 is 0 Å². The van der Waals surface area contributed by atoms with Crippen LogP contribution in [0, 0.1) is 13.8 Å². The average molecular weight is 461 g/mol. The predicted molar refractivity (Wildman–Crippen MR) is 134 cm³/mol. The van der Waals surface area contributed by atoms with E-state index in [2.05, 4.69) is 44.9 Å². The molecule has 4 rings (SSSR count). The Morgan fingerprint density at radius 2 is 1.91 bits per heavy atom. The summed E-state index contributed by atoms with van der Waals surface area (Å²) in [6.45, 7) is 5.42. The second-order valence-corrected chi connectivity index (χ2v) is 8.99. The number of nitrogen functional groups attached to an aromatic ring is 1. The second-order valence-electron chi connectivity index (χ2n) is 8.99. The van der Waals surface area contributed by atoms with Gasteiger partial charge in [-0.05, 0) is 43.9 Å². The van der Waals surface area contributed by atoms with E-state index in [1.807, 2.05) is 26.0 Å². The lowest BCUT2D eigenvalue weighted by molar-refractivity contribution is -0.119. The quantitative estimate of drug-likeness (QED) is 0.518. The number of amides is 1. The Labute approximate surface area is 199 Å². The molecule has 3 aromatic rings. The van der Waals surface area contributed by atoms with Crippen molar-refractivity contribution in [1.29, 1.82) is 0 Å². The molecule has 8 nitrogen and oxygen atoms in total. The lowest BCUT2D eigenvalue weighted by atomic mass is 9.80. The number of benzene rings is 1. The van der Waals surface area contributed by atoms with Gasteiger partial charge in [-0.15, -0.1) is 0 Å². The number of rotatable bonds is 6. The van der Waals surface area contributed by atoms with Crippen LogP contribution in [0.15, 0.2) is 47.4 Å². The Morgan fingerprint density at radius 3 is 2.65 bits per heavy atom. The minimum absolute atomic E-state index is 0.122. The summed E-state index contributed by atoms with van der Waals surface area (Å²) < 4.78 is 1.55. The molecule has 1 aliphatic carbocycles. The smallest absolute Gasteiger partial charge is 0.298 e. The number of aromatic nitrogens is 3. The van der Waals surface area contributed by atoms with Crippen LogP contribution in [-0.2, 0) is 11.3 Å². The minimum Gasteiger partial charge on any atom is -0.382 e. The Hall–Kier alpha value is -3.68. The van der Waals surface area contributed by atoms with Gasteiger partial charge in [0.05, 0.1) is 5.69 Å². The topological polar surface area (TPSA) is 115 Å². The van der Waals surface area contributed by atoms with Gasteiger partial charge in [0.1, 0.15) is 5.82 Å². The molecule has 1 aliphatic rings. The molecule has 2 heterocycles. The van der Waals surface area contributed by atoms with Gasteiger partial charge in [0.25, 0.3) is 5.56 Å². The number of aryl methyl sites for hydroxylation is 2. The Bertz CT molecular complexity index is 1240. The molecule has 0 aliphatic heterocycles. The third-order valence-electron chi connectivity index (χ3n) is 6.55. The van der Waals surface area contributed by atoms with Crippen molar-refractivity contribution in [3.8, 4) is 5.69 Å². The van der Waals surface area contributed by atoms with Gasteiger partial charge in [0, 0.05) is 43.0 Å². The summed E-state index contributed by atoms with van der Waals surface area (Å²) >= 11 is 0. The Kier molecular flexibility index (Phi) is 6.95. The van der Waals surface area contributed by atoms with Crippen molar-refractivity contribution in [2.24, 2.45) is 0 Å². The van der Waals surface area contributed by atoms with Crippen LogP contribution in [0.3, 0.4) is 0 Å². The first-order valence-corrected chi connectivity index (χ1v) is 11.8. The van der Waals surface area contributed by atoms with Crippen LogP contribution in [0.25, 0.3) is 5.69 Å². The zero-order valence-electron chi connectivity index (χ0n) is 20.0. The molecular formula is C26H32N6O2. The summed E-state index contributed by atoms with van der Waals surface area (Å²) in [6.07, 6.45) is 6.01. The van der Waals surface area contributed by atoms with Crippen LogP contribution >= 0.6 is 0 Å². The van der Waals surface area contributed by atoms with Crippen molar-refractivity contribution in [2.75, 3.05) is 11.1 Å². The van der Waals surface area contributed by atoms with Gasteiger partial charge in [-0.3, -0.25) is 14.2 Å². The number of anilines is 2. The van der Waals surface area contributed by atoms with Crippen LogP contribution in [0.5, 0.6) is 0 Å². The molecule has 178 valence electrons. The van der Waals surface area contributed by atoms with Crippen molar-refractivity contribution >= 4 is 17.5 Å². The number of carbonyl (C=O) groups excluding carboxylic acids is 1. The van der Waals surface area contributed by atoms with Crippen LogP contribution in [0.2, 0.25) is 0 Å². The maximum Gasteiger partial charge on any atom is 0.298 e. The largest absolute Gasteiger partial charge is 0.382 e. The lowest BCUT2D eigenvalue weighted by Crippen LogP contribution is -2.35. The van der Waals surface area contributed by atoms with Gasteiger partial charge in [0.2, 0.25) is 5.91 Å². The molecule has 1 amide bonds. The summed E-state index contributed by atoms with van der Waals surface area (Å²) in [5, 5.41) is 6.24. The lowest BCUT2D eigenvalue weighted by Gasteiger charge is -2.33. The molecule has 8 heteroatoms. The van der Waals surface area contributed by atoms with Crippen LogP contribution in [-0.4, -0.2) is 26.5 Å². The first-order chi connectivity index (χ1) is 16.3. The Morgan fingerprint density at radius 1 is 1.18 bits per heavy atom. The van der Waals surface area contributed by atoms with E-state index in [0.29, 0.717) is 35.4 Å². The molecule has 0 unspecified atom stereocenters. The molecule has 2 aromatic heterocycles. The fraction of sp³-hybridized carbons (Fsp3) is 0.385. The molecule has 0 spiro atoms. The number of nitrogens with one attached hydrogen (secondary N) is 2. The molecule has 0 radical (unpaired) electrons. The average Bonchev–Trinajstić information content (AvgIpc) is 2.82. The number of nitrogens with two attached hydrogens (primary N) is 1. The van der Waals surface area contributed by atoms with Crippen LogP contribution in [0.4, 0.5) is 11.6 Å². The molecular weight excluding hydrogens is 428 g/mol. The minimum atomic E-state index is -0.264. The molecule has 0 saturated heterocycles. The third-order valence-corrected chi connectivity index (χ3v) is 6.55. The van der Waals surface area contributed by atoms with Gasteiger partial charge >= 0.3 is 0 Å². The van der Waals surface area contributed by atoms with Crippen molar-refractivity contribution in [1.82, 2.24) is 19.9 Å². The van der Waals surface area contributed by atoms with Gasteiger partial charge in [0.15, 0.2) is 5.82 Å². The Balaban J connectivity index is 1.70. The number of pyridine rings is 1. The standard InChI is InChI=1S/C26H32N6O2/c1-16-14-29-25(31-22-12-8-7-11-21(22)19-9-5-4-6-10-19)26(34)32(16)23-13-20(15-28-18(3)33)17(2)30-24(23)27/h4-6,9-10,13-14,21-22H,7-8,11-12,15H2,1-3H3,(H2,27,30)(H,28,33)(H,29,31)/t21-,22-/m1/s1. The van der Waals surface area contributed by atoms with Gasteiger partial charge < -0.3 is 16.4 Å². The number of hydrogen-bond acceptors (Lipinski definition) is 6. The van der Waals surface area contributed by atoms with E-state index in [1.54, 1.807) is 10.8 Å². The van der Waals surface area contributed by atoms with Crippen molar-refractivity contribution < 1.29 is 4.79 Å². The van der Waals surface area contributed by atoms with Crippen molar-refractivity contribution in [2.45, 2.75) is 65.0 Å². The third kappa shape index (κ3) is 4.95. The first-order valence-electron chi connectivity index (χ1n) is 11.8. The van der Waals surface area contributed by atoms with Gasteiger partial charge in [-0.2, -0.15) is 0 Å². The first kappa shape index (κ1) is 23.5. The van der Waals surface area contributed by atoms with E-state index in [4.69, 9.17) is 5.73 Å². The molecule has 2 atom stereocenters. The number of hydrogen-bond donors (Lipinski definition) is 3. The second kappa shape index (κ2) is 10.1. The highest BCUT2D eigenvalue weighted by Crippen LogP contribution is 2.34. The summed E-state index contributed by atoms with van der Waals surface area (Å²) in [6, 6.07) is 12.4. The highest BCUT2D eigenvalue weighted by molar-refractivity contribution is 5.73. The highest BCUT2D eigenvalue weighted by Gasteiger charge is 2.28. The number of nitrogens with zero attached hydrogens (tertiary/aromatic N) is 3. The summed E-state index contributed by atoms with van der Waals surface area (Å²) in [5.74, 6) is 0.747. The normalized spacial score (nSPS) is 17.9. The molecule has 4 N–H and O–H groups in total. The highest BCUT2D eigenvalue weighted by atomic mass is 16.1. The monoisotopic (exact) mass is 460 g/mol. The van der Waals surface area contributed by atoms with E-state index in [1.165, 1.54) is 18.9 Å². The molecule has 1 fully saturated rings. The SMILES string of the molecule is CC(=O)NCc1cc(-n2c(C)cnc(N[C@@H]3CCCC[C@@H]3c3ccccc3)c2=O)c(N)nc1C. The fourth-order valence-corrected chi connectivity index (χ4v) is 4.74. The predicted octanol–water partition coefficient (Wildman–Crippen LogP) is 3.60. The fourth-order valence-electron chi connectivity index (χ4n) is 4.74. The van der Waals surface area contributed by atoms with Gasteiger partial charge in [-0.25, -0.2) is 9.97 Å². The summed E-state index contributed by atoms with van der Waals surface area (Å²) in [4.78, 5) is 33.9.